The molecule has 4 aliphatic rings. The Morgan fingerprint density at radius 1 is 1.17 bits per heavy atom. The number of fused-ring (bicyclic) bond motifs is 5. The van der Waals surface area contributed by atoms with Crippen molar-refractivity contribution >= 4 is 5.78 Å². The minimum Gasteiger partial charge on any atom is -0.393 e. The van der Waals surface area contributed by atoms with Gasteiger partial charge in [0.15, 0.2) is 5.78 Å². The molecule has 3 saturated carbocycles. The Morgan fingerprint density at radius 3 is 2.60 bits per heavy atom. The normalized spacial score (nSPS) is 44.8. The van der Waals surface area contributed by atoms with Crippen LogP contribution in [-0.4, -0.2) is 27.7 Å². The summed E-state index contributed by atoms with van der Waals surface area (Å²) >= 11 is 0. The first-order valence-corrected chi connectivity index (χ1v) is 12.3. The summed E-state index contributed by atoms with van der Waals surface area (Å²) in [7, 11) is 0. The molecule has 0 aromatic carbocycles. The summed E-state index contributed by atoms with van der Waals surface area (Å²) in [6, 6.07) is 0. The fourth-order valence-electron chi connectivity index (χ4n) is 8.12. The van der Waals surface area contributed by atoms with Crippen molar-refractivity contribution < 1.29 is 15.0 Å². The lowest BCUT2D eigenvalue weighted by Crippen LogP contribution is -2.50. The highest BCUT2D eigenvalue weighted by molar-refractivity contribution is 5.96. The van der Waals surface area contributed by atoms with Crippen molar-refractivity contribution in [2.45, 2.75) is 97.7 Å². The topological polar surface area (TPSA) is 57.5 Å². The zero-order valence-electron chi connectivity index (χ0n) is 19.7. The second-order valence-corrected chi connectivity index (χ2v) is 12.0. The zero-order chi connectivity index (χ0) is 21.9. The van der Waals surface area contributed by atoms with E-state index in [9.17, 15) is 15.0 Å². The van der Waals surface area contributed by atoms with Crippen LogP contribution in [0.3, 0.4) is 0 Å². The van der Waals surface area contributed by atoms with E-state index in [-0.39, 0.29) is 11.9 Å². The van der Waals surface area contributed by atoms with Crippen molar-refractivity contribution in [1.29, 1.82) is 0 Å². The van der Waals surface area contributed by atoms with Crippen LogP contribution in [-0.2, 0) is 4.79 Å². The first-order valence-electron chi connectivity index (χ1n) is 12.3. The van der Waals surface area contributed by atoms with Gasteiger partial charge in [-0.1, -0.05) is 38.5 Å². The fourth-order valence-corrected chi connectivity index (χ4v) is 8.12. The molecule has 4 aliphatic carbocycles. The minimum atomic E-state index is -1.29. The summed E-state index contributed by atoms with van der Waals surface area (Å²) in [4.78, 5) is 12.2. The maximum Gasteiger partial charge on any atom is 0.186 e. The van der Waals surface area contributed by atoms with Crippen LogP contribution in [0, 0.1) is 40.4 Å². The van der Waals surface area contributed by atoms with Gasteiger partial charge in [-0.15, -0.1) is 0 Å². The van der Waals surface area contributed by atoms with Crippen LogP contribution in [0.2, 0.25) is 0 Å². The van der Waals surface area contributed by atoms with Gasteiger partial charge in [0.1, 0.15) is 5.60 Å². The summed E-state index contributed by atoms with van der Waals surface area (Å²) in [5.41, 5.74) is 0.901. The third kappa shape index (κ3) is 3.54. The Morgan fingerprint density at radius 2 is 1.90 bits per heavy atom. The summed E-state index contributed by atoms with van der Waals surface area (Å²) in [6.07, 6.45) is 15.4. The number of aliphatic hydroxyl groups excluding tert-OH is 1. The average molecular weight is 415 g/mol. The second kappa shape index (κ2) is 7.59. The van der Waals surface area contributed by atoms with Gasteiger partial charge < -0.3 is 10.2 Å². The van der Waals surface area contributed by atoms with E-state index in [1.54, 1.807) is 25.5 Å². The number of ketones is 1. The van der Waals surface area contributed by atoms with Gasteiger partial charge in [0.2, 0.25) is 0 Å². The third-order valence-corrected chi connectivity index (χ3v) is 9.94. The number of hydrogen-bond acceptors (Lipinski definition) is 3. The molecule has 0 unspecified atom stereocenters. The van der Waals surface area contributed by atoms with E-state index in [4.69, 9.17) is 0 Å². The molecule has 30 heavy (non-hydrogen) atoms. The van der Waals surface area contributed by atoms with Crippen molar-refractivity contribution in [1.82, 2.24) is 0 Å². The maximum atomic E-state index is 12.2. The van der Waals surface area contributed by atoms with E-state index in [2.05, 4.69) is 32.9 Å². The highest BCUT2D eigenvalue weighted by Gasteiger charge is 2.58. The minimum absolute atomic E-state index is 0.134. The fraction of sp³-hybridized carbons (Fsp3) is 0.815. The summed E-state index contributed by atoms with van der Waals surface area (Å²) in [6.45, 7) is 10.4. The van der Waals surface area contributed by atoms with Crippen LogP contribution in [0.1, 0.15) is 86.0 Å². The van der Waals surface area contributed by atoms with Crippen LogP contribution < -0.4 is 0 Å². The van der Waals surface area contributed by atoms with Gasteiger partial charge in [-0.3, -0.25) is 4.79 Å². The van der Waals surface area contributed by atoms with Crippen LogP contribution in [0.15, 0.2) is 23.8 Å². The molecule has 3 heteroatoms. The molecule has 0 aromatic heterocycles. The van der Waals surface area contributed by atoms with Crippen molar-refractivity contribution in [2.75, 3.05) is 0 Å². The molecule has 0 radical (unpaired) electrons. The van der Waals surface area contributed by atoms with Gasteiger partial charge >= 0.3 is 0 Å². The molecule has 3 fully saturated rings. The van der Waals surface area contributed by atoms with Gasteiger partial charge in [0.05, 0.1) is 6.10 Å². The molecule has 0 amide bonds. The quantitative estimate of drug-likeness (QED) is 0.474. The van der Waals surface area contributed by atoms with Gasteiger partial charge in [-0.25, -0.2) is 0 Å². The van der Waals surface area contributed by atoms with Crippen molar-refractivity contribution in [3.8, 4) is 0 Å². The average Bonchev–Trinajstić information content (AvgIpc) is 3.03. The molecule has 0 heterocycles. The van der Waals surface area contributed by atoms with E-state index in [1.165, 1.54) is 32.1 Å². The van der Waals surface area contributed by atoms with Gasteiger partial charge in [0, 0.05) is 0 Å². The number of rotatable bonds is 4. The molecule has 0 saturated heterocycles. The Labute approximate surface area is 183 Å². The first kappa shape index (κ1) is 22.3. The molecule has 3 nitrogen and oxygen atoms in total. The monoisotopic (exact) mass is 414 g/mol. The van der Waals surface area contributed by atoms with Crippen molar-refractivity contribution in [3.63, 3.8) is 0 Å². The molecule has 8 atom stereocenters. The molecule has 168 valence electrons. The molecule has 0 bridgehead atoms. The predicted molar refractivity (Wildman–Crippen MR) is 121 cm³/mol. The van der Waals surface area contributed by atoms with E-state index in [1.807, 2.05) is 0 Å². The lowest BCUT2D eigenvalue weighted by atomic mass is 9.47. The van der Waals surface area contributed by atoms with E-state index in [0.717, 1.165) is 37.0 Å². The molecular weight excluding hydrogens is 372 g/mol. The number of carbonyl (C=O) groups excluding carboxylic acids is 1. The SMILES string of the molecule is C[C@H](/C=C/C(=O)C(C)(C)O)[C@H]1CC[C@H]2[C@@H]3CC=C4C[C@@H](O)CC[C@]4(C)[C@H]3CC[C@]12C. The lowest BCUT2D eigenvalue weighted by molar-refractivity contribution is -0.128. The van der Waals surface area contributed by atoms with Crippen LogP contribution in [0.4, 0.5) is 0 Å². The van der Waals surface area contributed by atoms with E-state index < -0.39 is 5.60 Å². The largest absolute Gasteiger partial charge is 0.393 e. The Balaban J connectivity index is 1.53. The third-order valence-electron chi connectivity index (χ3n) is 9.94. The van der Waals surface area contributed by atoms with Crippen LogP contribution >= 0.6 is 0 Å². The second-order valence-electron chi connectivity index (χ2n) is 12.0. The van der Waals surface area contributed by atoms with Crippen molar-refractivity contribution in [2.24, 2.45) is 40.4 Å². The number of allylic oxidation sites excluding steroid dienone is 2. The number of carbonyl (C=O) groups is 1. The molecule has 0 aliphatic heterocycles. The predicted octanol–water partition coefficient (Wildman–Crippen LogP) is 5.46. The summed E-state index contributed by atoms with van der Waals surface area (Å²) in [5.74, 6) is 3.08. The molecule has 2 N–H and O–H groups in total. The number of hydrogen-bond donors (Lipinski definition) is 2. The Hall–Kier alpha value is -0.930. The highest BCUT2D eigenvalue weighted by Crippen LogP contribution is 2.67. The summed E-state index contributed by atoms with van der Waals surface area (Å²) < 4.78 is 0. The number of aliphatic hydroxyl groups is 2. The van der Waals surface area contributed by atoms with Crippen LogP contribution in [0.25, 0.3) is 0 Å². The lowest BCUT2D eigenvalue weighted by Gasteiger charge is -2.58. The molecular formula is C27H42O3. The van der Waals surface area contributed by atoms with Gasteiger partial charge in [-0.05, 0) is 112 Å². The Bertz CT molecular complexity index is 744. The van der Waals surface area contributed by atoms with Crippen LogP contribution in [0.5, 0.6) is 0 Å². The van der Waals surface area contributed by atoms with Gasteiger partial charge in [-0.2, -0.15) is 0 Å². The van der Waals surface area contributed by atoms with Gasteiger partial charge in [0.25, 0.3) is 0 Å². The maximum absolute atomic E-state index is 12.2. The highest BCUT2D eigenvalue weighted by atomic mass is 16.3. The van der Waals surface area contributed by atoms with Crippen molar-refractivity contribution in [3.05, 3.63) is 23.8 Å². The van der Waals surface area contributed by atoms with E-state index >= 15 is 0 Å². The molecule has 0 aromatic rings. The zero-order valence-corrected chi connectivity index (χ0v) is 19.7. The smallest absolute Gasteiger partial charge is 0.186 e. The van der Waals surface area contributed by atoms with E-state index in [0.29, 0.717) is 22.7 Å². The molecule has 4 rings (SSSR count). The first-order chi connectivity index (χ1) is 14.0. The molecule has 0 spiro atoms. The standard InChI is InChI=1S/C27H42O3/c1-17(6-11-24(29)25(2,3)30)21-9-10-22-20-8-7-18-16-19(28)12-14-26(18,4)23(20)13-15-27(21,22)5/h6-7,11,17,19-23,28,30H,8-10,12-16H2,1-5H3/b11-6+/t17-,19+,20+,21-,22+,23+,26+,27-/m1/s1. The Kier molecular flexibility index (Phi) is 5.63. The summed E-state index contributed by atoms with van der Waals surface area (Å²) in [5, 5.41) is 20.1.